The quantitative estimate of drug-likeness (QED) is 0.128. The first-order chi connectivity index (χ1) is 15.3. The van der Waals surface area contributed by atoms with E-state index in [2.05, 4.69) is 6.92 Å². The molecule has 0 saturated heterocycles. The Morgan fingerprint density at radius 3 is 1.88 bits per heavy atom. The molecule has 0 heterocycles. The molecular formula is C25H42NNaO5S. The third-order valence-corrected chi connectivity index (χ3v) is 6.33. The van der Waals surface area contributed by atoms with Crippen molar-refractivity contribution in [2.45, 2.75) is 109 Å². The van der Waals surface area contributed by atoms with Gasteiger partial charge >= 0.3 is 29.6 Å². The van der Waals surface area contributed by atoms with Crippen LogP contribution in [-0.4, -0.2) is 32.0 Å². The largest absolute Gasteiger partial charge is 1.00 e. The molecule has 1 atom stereocenters. The molecule has 1 unspecified atom stereocenters. The van der Waals surface area contributed by atoms with Gasteiger partial charge < -0.3 is 9.45 Å². The van der Waals surface area contributed by atoms with Gasteiger partial charge in [0.05, 0.1) is 6.10 Å². The van der Waals surface area contributed by atoms with Crippen molar-refractivity contribution in [3.05, 3.63) is 30.3 Å². The molecule has 0 fully saturated rings. The van der Waals surface area contributed by atoms with Crippen molar-refractivity contribution >= 4 is 22.0 Å². The summed E-state index contributed by atoms with van der Waals surface area (Å²) in [5.74, 6) is 0.111. The van der Waals surface area contributed by atoms with Crippen LogP contribution >= 0.6 is 0 Å². The number of rotatable bonds is 19. The summed E-state index contributed by atoms with van der Waals surface area (Å²) >= 11 is 0. The Hall–Kier alpha value is -0.440. The first-order valence-corrected chi connectivity index (χ1v) is 13.6. The number of hydrogen-bond donors (Lipinski definition) is 0. The van der Waals surface area contributed by atoms with Gasteiger partial charge in [0.15, 0.2) is 0 Å². The van der Waals surface area contributed by atoms with Gasteiger partial charge in [-0.25, -0.2) is 8.42 Å². The summed E-state index contributed by atoms with van der Waals surface area (Å²) < 4.78 is 37.9. The molecule has 0 spiro atoms. The van der Waals surface area contributed by atoms with E-state index in [9.17, 15) is 17.8 Å². The molecule has 0 aromatic heterocycles. The molecule has 1 rings (SSSR count). The molecule has 1 aromatic rings. The fourth-order valence-corrected chi connectivity index (χ4v) is 4.40. The summed E-state index contributed by atoms with van der Waals surface area (Å²) in [7, 11) is -2.86. The monoisotopic (exact) mass is 491 g/mol. The topological polar surface area (TPSA) is 86.7 Å². The number of carbonyl (C=O) groups excluding carboxylic acids is 1. The minimum atomic E-state index is -4.66. The molecule has 0 bridgehead atoms. The van der Waals surface area contributed by atoms with Gasteiger partial charge in [-0.05, 0) is 31.4 Å². The maximum atomic E-state index is 12.3. The number of unbranched alkanes of at least 4 members (excludes halogenated alkanes) is 10. The second-order valence-corrected chi connectivity index (χ2v) is 9.64. The van der Waals surface area contributed by atoms with Crippen LogP contribution in [0.25, 0.3) is 0 Å². The van der Waals surface area contributed by atoms with Crippen molar-refractivity contribution in [3.8, 4) is 0 Å². The molecule has 6 nitrogen and oxygen atoms in total. The van der Waals surface area contributed by atoms with E-state index in [4.69, 9.17) is 4.18 Å². The van der Waals surface area contributed by atoms with E-state index in [-0.39, 0.29) is 35.5 Å². The van der Waals surface area contributed by atoms with Crippen molar-refractivity contribution in [3.63, 3.8) is 0 Å². The van der Waals surface area contributed by atoms with Crippen molar-refractivity contribution < 1.29 is 51.5 Å². The van der Waals surface area contributed by atoms with Crippen LogP contribution in [0, 0.1) is 0 Å². The molecule has 0 aliphatic heterocycles. The van der Waals surface area contributed by atoms with E-state index in [0.717, 1.165) is 57.1 Å². The Morgan fingerprint density at radius 2 is 1.36 bits per heavy atom. The number of anilines is 1. The molecular weight excluding hydrogens is 449 g/mol. The van der Waals surface area contributed by atoms with Gasteiger partial charge in [0.2, 0.25) is 16.3 Å². The van der Waals surface area contributed by atoms with Gasteiger partial charge in [0.25, 0.3) is 0 Å². The molecule has 0 saturated carbocycles. The van der Waals surface area contributed by atoms with E-state index in [0.29, 0.717) is 19.3 Å². The maximum Gasteiger partial charge on any atom is 1.00 e. The maximum absolute atomic E-state index is 12.3. The first-order valence-electron chi connectivity index (χ1n) is 12.3. The summed E-state index contributed by atoms with van der Waals surface area (Å²) in [4.78, 5) is 14.0. The number of nitrogens with zero attached hydrogens (tertiary/aromatic N) is 1. The summed E-state index contributed by atoms with van der Waals surface area (Å²) in [6.07, 6.45) is 13.8. The number of amides is 1. The van der Waals surface area contributed by atoms with E-state index in [1.165, 1.54) is 25.7 Å². The summed E-state index contributed by atoms with van der Waals surface area (Å²) in [5.41, 5.74) is 0.901. The average Bonchev–Trinajstić information content (AvgIpc) is 2.76. The summed E-state index contributed by atoms with van der Waals surface area (Å²) in [6.45, 7) is 2.19. The predicted octanol–water partition coefficient (Wildman–Crippen LogP) is 3.37. The van der Waals surface area contributed by atoms with E-state index in [1.54, 1.807) is 11.9 Å². The smallest absolute Gasteiger partial charge is 0.726 e. The van der Waals surface area contributed by atoms with Gasteiger partial charge in [-0.3, -0.25) is 8.98 Å². The number of benzene rings is 1. The van der Waals surface area contributed by atoms with Gasteiger partial charge in [0, 0.05) is 19.2 Å². The third-order valence-electron chi connectivity index (χ3n) is 5.82. The van der Waals surface area contributed by atoms with Crippen molar-refractivity contribution in [1.29, 1.82) is 0 Å². The minimum Gasteiger partial charge on any atom is -0.726 e. The standard InChI is InChI=1S/C25H43NO5S.Na/c1-3-4-5-6-7-9-15-20-24(31-32(28,29)30)21-16-10-8-11-17-22-25(27)26(2)23-18-13-12-14-19-23;/h12-14,18-19,24H,3-11,15-17,20-22H2,1-2H3,(H,28,29,30);/q;+1/p-1. The molecule has 33 heavy (non-hydrogen) atoms. The zero-order valence-electron chi connectivity index (χ0n) is 21.0. The molecule has 0 aliphatic carbocycles. The van der Waals surface area contributed by atoms with Crippen LogP contribution in [0.2, 0.25) is 0 Å². The fourth-order valence-electron chi connectivity index (χ4n) is 3.88. The zero-order valence-corrected chi connectivity index (χ0v) is 23.8. The van der Waals surface area contributed by atoms with E-state index < -0.39 is 16.5 Å². The third kappa shape index (κ3) is 17.6. The first kappa shape index (κ1) is 32.6. The molecule has 0 aliphatic rings. The zero-order chi connectivity index (χ0) is 23.7. The van der Waals surface area contributed by atoms with Crippen LogP contribution in [0.5, 0.6) is 0 Å². The van der Waals surface area contributed by atoms with Crippen LogP contribution in [0.15, 0.2) is 30.3 Å². The average molecular weight is 492 g/mol. The van der Waals surface area contributed by atoms with E-state index in [1.807, 2.05) is 30.3 Å². The molecule has 1 aromatic carbocycles. The van der Waals surface area contributed by atoms with Gasteiger partial charge in [-0.1, -0.05) is 95.8 Å². The number of para-hydroxylation sites is 1. The van der Waals surface area contributed by atoms with Crippen LogP contribution in [0.1, 0.15) is 103 Å². The molecule has 1 amide bonds. The second kappa shape index (κ2) is 19.8. The predicted molar refractivity (Wildman–Crippen MR) is 129 cm³/mol. The van der Waals surface area contributed by atoms with Crippen LogP contribution < -0.4 is 34.5 Å². The Balaban J connectivity index is 0.0000102. The van der Waals surface area contributed by atoms with Gasteiger partial charge in [-0.2, -0.15) is 0 Å². The van der Waals surface area contributed by atoms with Crippen LogP contribution in [0.4, 0.5) is 5.69 Å². The molecule has 0 radical (unpaired) electrons. The number of hydrogen-bond acceptors (Lipinski definition) is 5. The Morgan fingerprint density at radius 1 is 0.879 bits per heavy atom. The van der Waals surface area contributed by atoms with Crippen LogP contribution in [-0.2, 0) is 19.4 Å². The molecule has 184 valence electrons. The summed E-state index contributed by atoms with van der Waals surface area (Å²) in [6, 6.07) is 9.61. The summed E-state index contributed by atoms with van der Waals surface area (Å²) in [5, 5.41) is 0. The minimum absolute atomic E-state index is 0. The number of carbonyl (C=O) groups is 1. The van der Waals surface area contributed by atoms with Crippen molar-refractivity contribution in [1.82, 2.24) is 0 Å². The normalized spacial score (nSPS) is 12.2. The molecule has 8 heteroatoms. The van der Waals surface area contributed by atoms with E-state index >= 15 is 0 Å². The fraction of sp³-hybridized carbons (Fsp3) is 0.720. The van der Waals surface area contributed by atoms with Crippen LogP contribution in [0.3, 0.4) is 0 Å². The second-order valence-electron chi connectivity index (χ2n) is 8.63. The van der Waals surface area contributed by atoms with Crippen molar-refractivity contribution in [2.24, 2.45) is 0 Å². The Bertz CT molecular complexity index is 715. The Labute approximate surface area is 224 Å². The molecule has 0 N–H and O–H groups in total. The Kier molecular flexibility index (Phi) is 19.6. The van der Waals surface area contributed by atoms with Gasteiger partial charge in [0.1, 0.15) is 0 Å². The SMILES string of the molecule is CCCCCCCCCC(CCCCCCCC(=O)N(C)c1ccccc1)OS(=O)(=O)[O-].[Na+]. The van der Waals surface area contributed by atoms with Crippen molar-refractivity contribution in [2.75, 3.05) is 11.9 Å². The van der Waals surface area contributed by atoms with Gasteiger partial charge in [-0.15, -0.1) is 0 Å².